The van der Waals surface area contributed by atoms with E-state index in [0.717, 1.165) is 22.7 Å². The van der Waals surface area contributed by atoms with Gasteiger partial charge in [0.05, 0.1) is 11.0 Å². The number of rotatable bonds is 8. The molecule has 0 spiro atoms. The standard InChI is InChI=1S/C68H44N2S/c1-3-14-46(15-4-1)57-22-11-18-49-19-12-23-58(67(49)57)48-32-37-53(38-33-48)69(56-40-41-62-63-25-13-24-59(47-16-5-2-6-17-47)68(63)71-66(62)44-56)55-39-34-51-42-50(28-29-52(51)43-55)45-30-35-54(36-31-45)70-64-26-9-7-20-60(64)61-21-8-10-27-65(61)70/h1-44H. The first-order valence-electron chi connectivity index (χ1n) is 24.3. The number of hydrogen-bond donors (Lipinski definition) is 0. The largest absolute Gasteiger partial charge is 0.310 e. The highest BCUT2D eigenvalue weighted by Gasteiger charge is 2.19. The van der Waals surface area contributed by atoms with Crippen LogP contribution < -0.4 is 4.90 Å². The third-order valence-electron chi connectivity index (χ3n) is 14.4. The highest BCUT2D eigenvalue weighted by Crippen LogP contribution is 2.45. The Hall–Kier alpha value is -9.02. The Morgan fingerprint density at radius 2 is 0.803 bits per heavy atom. The zero-order valence-electron chi connectivity index (χ0n) is 38.7. The van der Waals surface area contributed by atoms with Gasteiger partial charge in [-0.25, -0.2) is 0 Å². The van der Waals surface area contributed by atoms with Crippen molar-refractivity contribution in [2.75, 3.05) is 4.90 Å². The molecule has 71 heavy (non-hydrogen) atoms. The van der Waals surface area contributed by atoms with Crippen molar-refractivity contribution >= 4 is 91.9 Å². The number of thiophene rings is 1. The van der Waals surface area contributed by atoms with Crippen LogP contribution in [0, 0.1) is 0 Å². The number of aromatic nitrogens is 1. The maximum absolute atomic E-state index is 2.42. The number of benzene rings is 12. The van der Waals surface area contributed by atoms with Crippen LogP contribution in [0.3, 0.4) is 0 Å². The first-order valence-corrected chi connectivity index (χ1v) is 25.1. The summed E-state index contributed by atoms with van der Waals surface area (Å²) in [6, 6.07) is 97.9. The quantitative estimate of drug-likeness (QED) is 0.147. The summed E-state index contributed by atoms with van der Waals surface area (Å²) < 4.78 is 4.96. The van der Waals surface area contributed by atoms with Gasteiger partial charge < -0.3 is 9.47 Å². The van der Waals surface area contributed by atoms with Crippen LogP contribution >= 0.6 is 11.3 Å². The van der Waals surface area contributed by atoms with Gasteiger partial charge in [-0.1, -0.05) is 200 Å². The number of para-hydroxylation sites is 2. The Bertz CT molecular complexity index is 4260. The lowest BCUT2D eigenvalue weighted by atomic mass is 9.91. The zero-order valence-corrected chi connectivity index (χ0v) is 39.5. The molecule has 0 saturated heterocycles. The summed E-state index contributed by atoms with van der Waals surface area (Å²) in [5.41, 5.74) is 16.7. The van der Waals surface area contributed by atoms with E-state index >= 15 is 0 Å². The van der Waals surface area contributed by atoms with E-state index in [0.29, 0.717) is 0 Å². The van der Waals surface area contributed by atoms with Crippen molar-refractivity contribution in [1.29, 1.82) is 0 Å². The number of anilines is 3. The summed E-state index contributed by atoms with van der Waals surface area (Å²) in [6.45, 7) is 0. The molecule has 0 fully saturated rings. The van der Waals surface area contributed by atoms with E-state index in [1.165, 1.54) is 108 Å². The van der Waals surface area contributed by atoms with Crippen LogP contribution in [-0.2, 0) is 0 Å². The molecule has 332 valence electrons. The average molecular weight is 921 g/mol. The Labute approximate surface area is 416 Å². The van der Waals surface area contributed by atoms with Crippen LogP contribution in [0.1, 0.15) is 0 Å². The molecule has 2 nitrogen and oxygen atoms in total. The van der Waals surface area contributed by atoms with Gasteiger partial charge in [0, 0.05) is 53.7 Å². The lowest BCUT2D eigenvalue weighted by Gasteiger charge is -2.26. The van der Waals surface area contributed by atoms with Crippen LogP contribution in [0.5, 0.6) is 0 Å². The lowest BCUT2D eigenvalue weighted by Crippen LogP contribution is -2.09. The molecule has 0 unspecified atom stereocenters. The van der Waals surface area contributed by atoms with Gasteiger partial charge in [0.15, 0.2) is 0 Å². The monoisotopic (exact) mass is 920 g/mol. The van der Waals surface area contributed by atoms with Gasteiger partial charge in [0.1, 0.15) is 0 Å². The van der Waals surface area contributed by atoms with Gasteiger partial charge in [0.2, 0.25) is 0 Å². The summed E-state index contributed by atoms with van der Waals surface area (Å²) >= 11 is 1.88. The molecule has 14 aromatic rings. The highest BCUT2D eigenvalue weighted by molar-refractivity contribution is 7.26. The van der Waals surface area contributed by atoms with E-state index in [-0.39, 0.29) is 0 Å². The summed E-state index contributed by atoms with van der Waals surface area (Å²) in [7, 11) is 0. The Balaban J connectivity index is 0.861. The third kappa shape index (κ3) is 7.01. The molecule has 0 amide bonds. The highest BCUT2D eigenvalue weighted by atomic mass is 32.1. The predicted octanol–water partition coefficient (Wildman–Crippen LogP) is 19.6. The van der Waals surface area contributed by atoms with Crippen LogP contribution in [0.15, 0.2) is 267 Å². The number of fused-ring (bicyclic) bond motifs is 8. The molecular formula is C68H44N2S. The summed E-state index contributed by atoms with van der Waals surface area (Å²) in [5.74, 6) is 0. The first-order chi connectivity index (χ1) is 35.2. The summed E-state index contributed by atoms with van der Waals surface area (Å²) in [4.78, 5) is 2.42. The molecular weight excluding hydrogens is 877 g/mol. The van der Waals surface area contributed by atoms with Crippen molar-refractivity contribution in [3.63, 3.8) is 0 Å². The molecule has 2 aromatic heterocycles. The minimum atomic E-state index is 1.10. The Morgan fingerprint density at radius 3 is 1.51 bits per heavy atom. The SMILES string of the molecule is c1ccc(-c2cccc3c2sc2cc(N(c4ccc(-c5cccc6cccc(-c7ccccc7)c56)cc4)c4ccc5cc(-c6ccc(-n7c8ccccc8c8ccccc87)cc6)ccc5c4)ccc23)cc1. The average Bonchev–Trinajstić information content (AvgIpc) is 3.99. The molecule has 3 heteroatoms. The normalized spacial score (nSPS) is 11.7. The van der Waals surface area contributed by atoms with Crippen molar-refractivity contribution in [3.05, 3.63) is 267 Å². The third-order valence-corrected chi connectivity index (χ3v) is 15.6. The van der Waals surface area contributed by atoms with Gasteiger partial charge in [-0.05, 0) is 133 Å². The Kier molecular flexibility index (Phi) is 9.75. The van der Waals surface area contributed by atoms with E-state index < -0.39 is 0 Å². The second-order valence-electron chi connectivity index (χ2n) is 18.5. The molecule has 14 rings (SSSR count). The van der Waals surface area contributed by atoms with Crippen LogP contribution in [0.4, 0.5) is 17.1 Å². The van der Waals surface area contributed by atoms with Crippen LogP contribution in [-0.4, -0.2) is 4.57 Å². The molecule has 2 heterocycles. The molecule has 0 atom stereocenters. The van der Waals surface area contributed by atoms with Crippen molar-refractivity contribution in [2.45, 2.75) is 0 Å². The second kappa shape index (κ2) is 16.9. The minimum Gasteiger partial charge on any atom is -0.310 e. The van der Waals surface area contributed by atoms with Crippen molar-refractivity contribution < 1.29 is 0 Å². The molecule has 0 radical (unpaired) electrons. The van der Waals surface area contributed by atoms with E-state index in [1.807, 2.05) is 11.3 Å². The fourth-order valence-corrected chi connectivity index (χ4v) is 12.3. The van der Waals surface area contributed by atoms with Gasteiger partial charge in [0.25, 0.3) is 0 Å². The molecule has 12 aromatic carbocycles. The van der Waals surface area contributed by atoms with Gasteiger partial charge in [-0.15, -0.1) is 11.3 Å². The first kappa shape index (κ1) is 41.0. The van der Waals surface area contributed by atoms with Crippen LogP contribution in [0.25, 0.3) is 114 Å². The maximum atomic E-state index is 2.42. The summed E-state index contributed by atoms with van der Waals surface area (Å²) in [5, 5.41) is 10.0. The van der Waals surface area contributed by atoms with Crippen molar-refractivity contribution in [3.8, 4) is 50.2 Å². The van der Waals surface area contributed by atoms with E-state index in [9.17, 15) is 0 Å². The lowest BCUT2D eigenvalue weighted by molar-refractivity contribution is 1.18. The fraction of sp³-hybridized carbons (Fsp3) is 0. The number of hydrogen-bond acceptors (Lipinski definition) is 2. The van der Waals surface area contributed by atoms with E-state index in [4.69, 9.17) is 0 Å². The number of nitrogens with zero attached hydrogens (tertiary/aromatic N) is 2. The fourth-order valence-electron chi connectivity index (χ4n) is 11.0. The molecule has 0 aliphatic heterocycles. The topological polar surface area (TPSA) is 8.17 Å². The smallest absolute Gasteiger partial charge is 0.0541 e. The molecule has 0 bridgehead atoms. The molecule has 0 aliphatic rings. The van der Waals surface area contributed by atoms with E-state index in [1.54, 1.807) is 0 Å². The predicted molar refractivity (Wildman–Crippen MR) is 305 cm³/mol. The van der Waals surface area contributed by atoms with Gasteiger partial charge in [-0.2, -0.15) is 0 Å². The second-order valence-corrected chi connectivity index (χ2v) is 19.5. The maximum Gasteiger partial charge on any atom is 0.0541 e. The van der Waals surface area contributed by atoms with Gasteiger partial charge in [-0.3, -0.25) is 0 Å². The van der Waals surface area contributed by atoms with Gasteiger partial charge >= 0.3 is 0 Å². The molecule has 0 N–H and O–H groups in total. The Morgan fingerprint density at radius 1 is 0.296 bits per heavy atom. The van der Waals surface area contributed by atoms with Crippen LogP contribution in [0.2, 0.25) is 0 Å². The molecule has 0 aliphatic carbocycles. The van der Waals surface area contributed by atoms with Crippen molar-refractivity contribution in [1.82, 2.24) is 4.57 Å². The zero-order chi connectivity index (χ0) is 46.8. The molecule has 0 saturated carbocycles. The summed E-state index contributed by atoms with van der Waals surface area (Å²) in [6.07, 6.45) is 0. The van der Waals surface area contributed by atoms with E-state index in [2.05, 4.69) is 276 Å². The van der Waals surface area contributed by atoms with Crippen molar-refractivity contribution in [2.24, 2.45) is 0 Å². The minimum absolute atomic E-state index is 1.10.